The quantitative estimate of drug-likeness (QED) is 0.221. The number of hydrogen-bond donors (Lipinski definition) is 1. The molecule has 0 saturated carbocycles. The maximum absolute atomic E-state index is 11.4. The Balaban J connectivity index is 0. The molecule has 0 heterocycles. The summed E-state index contributed by atoms with van der Waals surface area (Å²) in [5.74, 6) is 0.458. The second-order valence-electron chi connectivity index (χ2n) is 7.12. The zero-order valence-corrected chi connectivity index (χ0v) is 17.9. The van der Waals surface area contributed by atoms with E-state index in [0.717, 1.165) is 25.7 Å². The van der Waals surface area contributed by atoms with Crippen molar-refractivity contribution in [3.05, 3.63) is 12.2 Å². The van der Waals surface area contributed by atoms with Gasteiger partial charge in [0.1, 0.15) is 5.78 Å². The molecular formula is C23H47NO. The largest absolute Gasteiger partial charge is 0.323 e. The topological polar surface area (TPSA) is 29.1 Å². The SMILES string of the molecule is CCCCCCCC/C=C\CCCCCCCC(=O)CCC.CNC. The van der Waals surface area contributed by atoms with E-state index in [4.69, 9.17) is 0 Å². The van der Waals surface area contributed by atoms with Crippen LogP contribution in [0.1, 0.15) is 117 Å². The Hall–Kier alpha value is -0.630. The third-order valence-electron chi connectivity index (χ3n) is 4.25. The van der Waals surface area contributed by atoms with E-state index in [9.17, 15) is 4.79 Å². The van der Waals surface area contributed by atoms with Crippen LogP contribution in [0, 0.1) is 0 Å². The van der Waals surface area contributed by atoms with Crippen LogP contribution in [0.4, 0.5) is 0 Å². The molecule has 2 nitrogen and oxygen atoms in total. The number of unbranched alkanes of at least 4 members (excludes halogenated alkanes) is 11. The van der Waals surface area contributed by atoms with Gasteiger partial charge in [-0.3, -0.25) is 4.79 Å². The van der Waals surface area contributed by atoms with E-state index in [0.29, 0.717) is 5.78 Å². The van der Waals surface area contributed by atoms with Gasteiger partial charge in [-0.25, -0.2) is 0 Å². The molecule has 0 aliphatic carbocycles. The van der Waals surface area contributed by atoms with Gasteiger partial charge in [0.05, 0.1) is 0 Å². The summed E-state index contributed by atoms with van der Waals surface area (Å²) in [6.07, 6.45) is 24.5. The van der Waals surface area contributed by atoms with E-state index < -0.39 is 0 Å². The van der Waals surface area contributed by atoms with Crippen LogP contribution < -0.4 is 5.32 Å². The minimum absolute atomic E-state index is 0.458. The van der Waals surface area contributed by atoms with Gasteiger partial charge in [-0.2, -0.15) is 0 Å². The Kier molecular flexibility index (Phi) is 27.2. The van der Waals surface area contributed by atoms with Crippen LogP contribution in [0.15, 0.2) is 12.2 Å². The van der Waals surface area contributed by atoms with E-state index in [-0.39, 0.29) is 0 Å². The van der Waals surface area contributed by atoms with E-state index in [2.05, 4.69) is 31.3 Å². The van der Waals surface area contributed by atoms with Crippen LogP contribution in [0.25, 0.3) is 0 Å². The van der Waals surface area contributed by atoms with Gasteiger partial charge in [-0.1, -0.05) is 77.4 Å². The fourth-order valence-corrected chi connectivity index (χ4v) is 2.80. The molecule has 0 aromatic carbocycles. The molecule has 25 heavy (non-hydrogen) atoms. The molecule has 2 heteroatoms. The summed E-state index contributed by atoms with van der Waals surface area (Å²) in [5, 5.41) is 2.75. The van der Waals surface area contributed by atoms with Crippen LogP contribution in [-0.2, 0) is 4.79 Å². The molecule has 0 atom stereocenters. The highest BCUT2D eigenvalue weighted by Crippen LogP contribution is 2.10. The molecule has 0 fully saturated rings. The molecule has 0 rings (SSSR count). The first kappa shape index (κ1) is 26.6. The lowest BCUT2D eigenvalue weighted by Gasteiger charge is -2.00. The Bertz CT molecular complexity index is 273. The Morgan fingerprint density at radius 1 is 0.640 bits per heavy atom. The number of nitrogens with one attached hydrogen (secondary N) is 1. The number of carbonyl (C=O) groups excluding carboxylic acids is 1. The van der Waals surface area contributed by atoms with Crippen molar-refractivity contribution in [3.8, 4) is 0 Å². The molecule has 0 amide bonds. The Morgan fingerprint density at radius 2 is 1.08 bits per heavy atom. The van der Waals surface area contributed by atoms with Gasteiger partial charge < -0.3 is 5.32 Å². The highest BCUT2D eigenvalue weighted by Gasteiger charge is 1.99. The number of carbonyl (C=O) groups is 1. The van der Waals surface area contributed by atoms with Crippen molar-refractivity contribution in [1.82, 2.24) is 5.32 Å². The van der Waals surface area contributed by atoms with Gasteiger partial charge in [0, 0.05) is 12.8 Å². The number of allylic oxidation sites excluding steroid dienone is 2. The molecule has 0 aliphatic heterocycles. The van der Waals surface area contributed by atoms with Crippen molar-refractivity contribution in [2.45, 2.75) is 117 Å². The van der Waals surface area contributed by atoms with Crippen molar-refractivity contribution in [2.24, 2.45) is 0 Å². The van der Waals surface area contributed by atoms with E-state index in [1.165, 1.54) is 77.0 Å². The summed E-state index contributed by atoms with van der Waals surface area (Å²) in [7, 11) is 3.75. The zero-order chi connectivity index (χ0) is 19.0. The minimum atomic E-state index is 0.458. The van der Waals surface area contributed by atoms with E-state index >= 15 is 0 Å². The van der Waals surface area contributed by atoms with Crippen LogP contribution in [0.3, 0.4) is 0 Å². The zero-order valence-electron chi connectivity index (χ0n) is 17.9. The van der Waals surface area contributed by atoms with Crippen molar-refractivity contribution < 1.29 is 4.79 Å². The minimum Gasteiger partial charge on any atom is -0.323 e. The number of ketones is 1. The lowest BCUT2D eigenvalue weighted by molar-refractivity contribution is -0.119. The molecule has 0 aromatic rings. The van der Waals surface area contributed by atoms with Crippen molar-refractivity contribution in [1.29, 1.82) is 0 Å². The molecular weight excluding hydrogens is 306 g/mol. The third-order valence-corrected chi connectivity index (χ3v) is 4.25. The lowest BCUT2D eigenvalue weighted by atomic mass is 10.1. The summed E-state index contributed by atoms with van der Waals surface area (Å²) in [5.41, 5.74) is 0. The maximum Gasteiger partial charge on any atom is 0.132 e. The van der Waals surface area contributed by atoms with Crippen molar-refractivity contribution in [3.63, 3.8) is 0 Å². The third kappa shape index (κ3) is 28.4. The summed E-state index contributed by atoms with van der Waals surface area (Å²) < 4.78 is 0. The molecule has 0 radical (unpaired) electrons. The highest BCUT2D eigenvalue weighted by atomic mass is 16.1. The van der Waals surface area contributed by atoms with E-state index in [1.54, 1.807) is 0 Å². The monoisotopic (exact) mass is 353 g/mol. The molecule has 0 saturated heterocycles. The molecule has 0 spiro atoms. The summed E-state index contributed by atoms with van der Waals surface area (Å²) in [6.45, 7) is 4.35. The lowest BCUT2D eigenvalue weighted by Crippen LogP contribution is -1.96. The maximum atomic E-state index is 11.4. The highest BCUT2D eigenvalue weighted by molar-refractivity contribution is 5.78. The molecule has 0 aliphatic rings. The second-order valence-corrected chi connectivity index (χ2v) is 7.12. The standard InChI is InChI=1S/C21H40O.C2H7N/c1-3-5-6-7-8-9-10-11-12-13-14-15-16-17-18-20-21(22)19-4-2;1-3-2/h11-12H,3-10,13-20H2,1-2H3;3H,1-2H3/b12-11-;. The first-order valence-electron chi connectivity index (χ1n) is 11.0. The van der Waals surface area contributed by atoms with Gasteiger partial charge in [0.25, 0.3) is 0 Å². The van der Waals surface area contributed by atoms with Crippen LogP contribution in [-0.4, -0.2) is 19.9 Å². The number of rotatable bonds is 17. The van der Waals surface area contributed by atoms with Gasteiger partial charge in [0.2, 0.25) is 0 Å². The van der Waals surface area contributed by atoms with Crippen LogP contribution >= 0.6 is 0 Å². The summed E-state index contributed by atoms with van der Waals surface area (Å²) in [4.78, 5) is 11.4. The van der Waals surface area contributed by atoms with Crippen molar-refractivity contribution >= 4 is 5.78 Å². The van der Waals surface area contributed by atoms with E-state index in [1.807, 2.05) is 14.1 Å². The average Bonchev–Trinajstić information content (AvgIpc) is 2.59. The van der Waals surface area contributed by atoms with Gasteiger partial charge >= 0.3 is 0 Å². The van der Waals surface area contributed by atoms with Gasteiger partial charge in [-0.05, 0) is 52.6 Å². The molecule has 1 N–H and O–H groups in total. The molecule has 150 valence electrons. The molecule has 0 unspecified atom stereocenters. The summed E-state index contributed by atoms with van der Waals surface area (Å²) >= 11 is 0. The van der Waals surface area contributed by atoms with Gasteiger partial charge in [0.15, 0.2) is 0 Å². The fraction of sp³-hybridized carbons (Fsp3) is 0.870. The first-order valence-corrected chi connectivity index (χ1v) is 11.0. The van der Waals surface area contributed by atoms with Gasteiger partial charge in [-0.15, -0.1) is 0 Å². The number of hydrogen-bond acceptors (Lipinski definition) is 2. The summed E-state index contributed by atoms with van der Waals surface area (Å²) in [6, 6.07) is 0. The first-order chi connectivity index (χ1) is 12.2. The average molecular weight is 354 g/mol. The van der Waals surface area contributed by atoms with Crippen LogP contribution in [0.2, 0.25) is 0 Å². The molecule has 0 aromatic heterocycles. The normalized spacial score (nSPS) is 10.7. The Labute approximate surface area is 159 Å². The second kappa shape index (κ2) is 25.6. The smallest absolute Gasteiger partial charge is 0.132 e. The van der Waals surface area contributed by atoms with Crippen LogP contribution in [0.5, 0.6) is 0 Å². The fourth-order valence-electron chi connectivity index (χ4n) is 2.80. The Morgan fingerprint density at radius 3 is 1.56 bits per heavy atom. The van der Waals surface area contributed by atoms with Crippen molar-refractivity contribution in [2.75, 3.05) is 14.1 Å². The predicted molar refractivity (Wildman–Crippen MR) is 114 cm³/mol. The number of Topliss-reactive ketones (excluding diaryl/α,β-unsaturated/α-hetero) is 1. The predicted octanol–water partition coefficient (Wildman–Crippen LogP) is 7.23. The molecule has 0 bridgehead atoms.